The van der Waals surface area contributed by atoms with E-state index in [2.05, 4.69) is 5.32 Å². The van der Waals surface area contributed by atoms with Gasteiger partial charge in [-0.05, 0) is 24.5 Å². The van der Waals surface area contributed by atoms with Gasteiger partial charge in [0.1, 0.15) is 12.1 Å². The smallest absolute Gasteiger partial charge is 0.250 e. The lowest BCUT2D eigenvalue weighted by Gasteiger charge is -2.40. The zero-order chi connectivity index (χ0) is 15.7. The first-order chi connectivity index (χ1) is 9.86. The van der Waals surface area contributed by atoms with Gasteiger partial charge in [0.15, 0.2) is 11.6 Å². The average Bonchev–Trinajstić information content (AvgIpc) is 2.43. The van der Waals surface area contributed by atoms with Gasteiger partial charge in [0.25, 0.3) is 5.91 Å². The molecule has 0 aliphatic carbocycles. The van der Waals surface area contributed by atoms with Crippen LogP contribution in [0, 0.1) is 17.6 Å². The van der Waals surface area contributed by atoms with E-state index in [0.29, 0.717) is 6.42 Å². The third-order valence-corrected chi connectivity index (χ3v) is 3.65. The molecule has 114 valence electrons. The molecule has 0 bridgehead atoms. The quantitative estimate of drug-likeness (QED) is 0.930. The summed E-state index contributed by atoms with van der Waals surface area (Å²) < 4.78 is 26.5. The zero-order valence-electron chi connectivity index (χ0n) is 12.2. The molecule has 2 unspecified atom stereocenters. The number of anilines is 1. The number of hydrogen-bond donors (Lipinski definition) is 1. The lowest BCUT2D eigenvalue weighted by atomic mass is 9.96. The fraction of sp³-hybridized carbons (Fsp3) is 0.467. The number of hydrogen-bond acceptors (Lipinski definition) is 2. The Hall–Kier alpha value is -1.98. The van der Waals surface area contributed by atoms with Crippen molar-refractivity contribution in [3.63, 3.8) is 0 Å². The van der Waals surface area contributed by atoms with Crippen LogP contribution in [0.2, 0.25) is 0 Å². The summed E-state index contributed by atoms with van der Waals surface area (Å²) in [6.45, 7) is 5.40. The summed E-state index contributed by atoms with van der Waals surface area (Å²) in [5.74, 6) is -2.70. The van der Waals surface area contributed by atoms with E-state index < -0.39 is 23.7 Å². The summed E-state index contributed by atoms with van der Waals surface area (Å²) in [6.07, 6.45) is 0.390. The molecule has 0 radical (unpaired) electrons. The second kappa shape index (κ2) is 5.79. The number of rotatable bonds is 3. The Morgan fingerprint density at radius 3 is 2.43 bits per heavy atom. The maximum atomic E-state index is 13.4. The maximum Gasteiger partial charge on any atom is 0.250 e. The largest absolute Gasteiger partial charge is 0.342 e. The number of carbonyl (C=O) groups excluding carboxylic acids is 2. The average molecular weight is 296 g/mol. The van der Waals surface area contributed by atoms with Crippen LogP contribution in [0.4, 0.5) is 14.5 Å². The number of amides is 2. The highest BCUT2D eigenvalue weighted by Crippen LogP contribution is 2.26. The van der Waals surface area contributed by atoms with Gasteiger partial charge in [-0.2, -0.15) is 0 Å². The molecule has 2 amide bonds. The van der Waals surface area contributed by atoms with E-state index >= 15 is 0 Å². The van der Waals surface area contributed by atoms with E-state index in [1.165, 1.54) is 11.0 Å². The first kappa shape index (κ1) is 15.4. The molecule has 1 N–H and O–H groups in total. The number of nitrogens with one attached hydrogen (secondary N) is 1. The molecule has 1 fully saturated rings. The number of piperazine rings is 1. The van der Waals surface area contributed by atoms with Crippen molar-refractivity contribution in [2.45, 2.75) is 39.3 Å². The molecule has 1 saturated heterocycles. The summed E-state index contributed by atoms with van der Waals surface area (Å²) in [4.78, 5) is 26.0. The van der Waals surface area contributed by atoms with E-state index in [9.17, 15) is 18.4 Å². The van der Waals surface area contributed by atoms with Crippen LogP contribution in [0.5, 0.6) is 0 Å². The molecule has 0 saturated carbocycles. The van der Waals surface area contributed by atoms with Crippen LogP contribution < -0.4 is 10.2 Å². The van der Waals surface area contributed by atoms with E-state index in [1.807, 2.05) is 13.8 Å². The Labute approximate surface area is 122 Å². The Bertz CT molecular complexity index is 575. The van der Waals surface area contributed by atoms with Crippen LogP contribution >= 0.6 is 0 Å². The first-order valence-corrected chi connectivity index (χ1v) is 6.95. The highest BCUT2D eigenvalue weighted by atomic mass is 19.2. The summed E-state index contributed by atoms with van der Waals surface area (Å²) in [6, 6.07) is 1.85. The van der Waals surface area contributed by atoms with Gasteiger partial charge in [-0.1, -0.05) is 20.8 Å². The molecular weight excluding hydrogens is 278 g/mol. The van der Waals surface area contributed by atoms with Crippen molar-refractivity contribution in [2.24, 2.45) is 5.92 Å². The topological polar surface area (TPSA) is 49.4 Å². The predicted octanol–water partition coefficient (Wildman–Crippen LogP) is 2.23. The molecule has 1 aliphatic rings. The zero-order valence-corrected chi connectivity index (χ0v) is 12.2. The number of benzene rings is 1. The molecular formula is C15H18F2N2O2. The van der Waals surface area contributed by atoms with Crippen molar-refractivity contribution in [3.8, 4) is 0 Å². The SMILES string of the molecule is CCC1C(=O)NC(C(C)C)C(=O)N1c1ccc(F)c(F)c1. The van der Waals surface area contributed by atoms with E-state index in [0.717, 1.165) is 12.1 Å². The molecule has 1 aliphatic heterocycles. The van der Waals surface area contributed by atoms with Crippen LogP contribution in [0.25, 0.3) is 0 Å². The molecule has 1 heterocycles. The first-order valence-electron chi connectivity index (χ1n) is 6.95. The van der Waals surface area contributed by atoms with Crippen LogP contribution in [-0.4, -0.2) is 23.9 Å². The summed E-state index contributed by atoms with van der Waals surface area (Å²) in [5, 5.41) is 2.69. The van der Waals surface area contributed by atoms with E-state index in [1.54, 1.807) is 6.92 Å². The van der Waals surface area contributed by atoms with Gasteiger partial charge in [-0.15, -0.1) is 0 Å². The van der Waals surface area contributed by atoms with E-state index in [-0.39, 0.29) is 23.4 Å². The Morgan fingerprint density at radius 2 is 1.90 bits per heavy atom. The standard InChI is InChI=1S/C15H18F2N2O2/c1-4-12-14(20)18-13(8(2)3)15(21)19(12)9-5-6-10(16)11(17)7-9/h5-8,12-13H,4H2,1-3H3,(H,18,20). The normalized spacial score (nSPS) is 22.7. The summed E-state index contributed by atoms with van der Waals surface area (Å²) in [7, 11) is 0. The third kappa shape index (κ3) is 2.75. The van der Waals surface area contributed by atoms with Crippen molar-refractivity contribution in [2.75, 3.05) is 4.90 Å². The Balaban J connectivity index is 2.46. The molecule has 0 spiro atoms. The molecule has 21 heavy (non-hydrogen) atoms. The van der Waals surface area contributed by atoms with Crippen molar-refractivity contribution < 1.29 is 18.4 Å². The number of nitrogens with zero attached hydrogens (tertiary/aromatic N) is 1. The number of carbonyl (C=O) groups is 2. The van der Waals surface area contributed by atoms with E-state index in [4.69, 9.17) is 0 Å². The van der Waals surface area contributed by atoms with Gasteiger partial charge >= 0.3 is 0 Å². The monoisotopic (exact) mass is 296 g/mol. The summed E-state index contributed by atoms with van der Waals surface area (Å²) in [5.41, 5.74) is 0.200. The predicted molar refractivity (Wildman–Crippen MR) is 74.7 cm³/mol. The van der Waals surface area contributed by atoms with Crippen molar-refractivity contribution in [3.05, 3.63) is 29.8 Å². The molecule has 0 aromatic heterocycles. The lowest BCUT2D eigenvalue weighted by Crippen LogP contribution is -2.65. The Kier molecular flexibility index (Phi) is 4.25. The van der Waals surface area contributed by atoms with Crippen molar-refractivity contribution in [1.29, 1.82) is 0 Å². The number of halogens is 2. The molecule has 2 atom stereocenters. The molecule has 6 heteroatoms. The van der Waals surface area contributed by atoms with Gasteiger partial charge in [0.2, 0.25) is 5.91 Å². The second-order valence-corrected chi connectivity index (χ2v) is 5.46. The molecule has 2 rings (SSSR count). The van der Waals surface area contributed by atoms with Gasteiger partial charge in [0.05, 0.1) is 0 Å². The molecule has 1 aromatic carbocycles. The second-order valence-electron chi connectivity index (χ2n) is 5.46. The van der Waals surface area contributed by atoms with Gasteiger partial charge in [-0.25, -0.2) is 8.78 Å². The van der Waals surface area contributed by atoms with Crippen molar-refractivity contribution in [1.82, 2.24) is 5.32 Å². The minimum Gasteiger partial charge on any atom is -0.342 e. The van der Waals surface area contributed by atoms with Crippen LogP contribution in [0.1, 0.15) is 27.2 Å². The maximum absolute atomic E-state index is 13.4. The lowest BCUT2D eigenvalue weighted by molar-refractivity contribution is -0.134. The molecule has 1 aromatic rings. The van der Waals surface area contributed by atoms with Gasteiger partial charge in [-0.3, -0.25) is 14.5 Å². The minimum absolute atomic E-state index is 0.0907. The van der Waals surface area contributed by atoms with Gasteiger partial charge < -0.3 is 5.32 Å². The molecule has 4 nitrogen and oxygen atoms in total. The fourth-order valence-corrected chi connectivity index (χ4v) is 2.49. The fourth-order valence-electron chi connectivity index (χ4n) is 2.49. The van der Waals surface area contributed by atoms with Crippen LogP contribution in [0.15, 0.2) is 18.2 Å². The van der Waals surface area contributed by atoms with Crippen molar-refractivity contribution >= 4 is 17.5 Å². The highest BCUT2D eigenvalue weighted by Gasteiger charge is 2.41. The van der Waals surface area contributed by atoms with Crippen LogP contribution in [-0.2, 0) is 9.59 Å². The Morgan fingerprint density at radius 1 is 1.24 bits per heavy atom. The minimum atomic E-state index is -1.04. The van der Waals surface area contributed by atoms with Gasteiger partial charge in [0, 0.05) is 11.8 Å². The highest BCUT2D eigenvalue weighted by molar-refractivity contribution is 6.08. The van der Waals surface area contributed by atoms with Crippen LogP contribution in [0.3, 0.4) is 0 Å². The third-order valence-electron chi connectivity index (χ3n) is 3.65. The summed E-state index contributed by atoms with van der Waals surface area (Å²) >= 11 is 0.